The molecule has 140 valence electrons. The second-order valence-electron chi connectivity index (χ2n) is 5.49. The molecule has 0 aliphatic rings. The molecule has 26 heavy (non-hydrogen) atoms. The van der Waals surface area contributed by atoms with Crippen LogP contribution < -0.4 is 14.4 Å². The highest BCUT2D eigenvalue weighted by molar-refractivity contribution is 7.92. The Hall–Kier alpha value is -2.32. The summed E-state index contributed by atoms with van der Waals surface area (Å²) in [4.78, 5) is 12.2. The summed E-state index contributed by atoms with van der Waals surface area (Å²) in [5.74, 6) is -0.490. The summed E-state index contributed by atoms with van der Waals surface area (Å²) in [5, 5.41) is 2.83. The Morgan fingerprint density at radius 1 is 1.23 bits per heavy atom. The van der Waals surface area contributed by atoms with Gasteiger partial charge in [0.25, 0.3) is 0 Å². The fourth-order valence-electron chi connectivity index (χ4n) is 2.20. The Kier molecular flexibility index (Phi) is 6.44. The largest absolute Gasteiger partial charge is 0.495 e. The monoisotopic (exact) mass is 400 g/mol. The Morgan fingerprint density at radius 2 is 1.88 bits per heavy atom. The zero-order valence-electron chi connectivity index (χ0n) is 14.2. The van der Waals surface area contributed by atoms with Crippen LogP contribution in [-0.4, -0.2) is 34.2 Å². The molecule has 0 saturated carbocycles. The Balaban J connectivity index is 2.11. The van der Waals surface area contributed by atoms with Gasteiger partial charge in [-0.1, -0.05) is 23.7 Å². The van der Waals surface area contributed by atoms with Crippen LogP contribution in [0.25, 0.3) is 0 Å². The van der Waals surface area contributed by atoms with Crippen molar-refractivity contribution in [1.82, 2.24) is 5.32 Å². The topological polar surface area (TPSA) is 75.7 Å². The molecule has 0 aliphatic heterocycles. The van der Waals surface area contributed by atoms with E-state index in [9.17, 15) is 17.6 Å². The van der Waals surface area contributed by atoms with Gasteiger partial charge in [0.2, 0.25) is 15.9 Å². The molecule has 0 heterocycles. The molecule has 0 atom stereocenters. The van der Waals surface area contributed by atoms with Crippen LogP contribution in [0.5, 0.6) is 5.75 Å². The Labute approximate surface area is 156 Å². The van der Waals surface area contributed by atoms with Gasteiger partial charge in [-0.25, -0.2) is 12.8 Å². The van der Waals surface area contributed by atoms with Crippen molar-refractivity contribution < 1.29 is 22.3 Å². The van der Waals surface area contributed by atoms with Crippen molar-refractivity contribution in [2.75, 3.05) is 24.2 Å². The van der Waals surface area contributed by atoms with E-state index in [1.54, 1.807) is 0 Å². The lowest BCUT2D eigenvalue weighted by Gasteiger charge is -2.22. The zero-order chi connectivity index (χ0) is 19.3. The van der Waals surface area contributed by atoms with E-state index >= 15 is 0 Å². The first kappa shape index (κ1) is 20.0. The minimum absolute atomic E-state index is 0.153. The van der Waals surface area contributed by atoms with E-state index in [1.807, 2.05) is 0 Å². The number of methoxy groups -OCH3 is 1. The molecular weight excluding hydrogens is 383 g/mol. The van der Waals surface area contributed by atoms with Crippen LogP contribution in [0, 0.1) is 5.82 Å². The molecule has 0 aliphatic carbocycles. The van der Waals surface area contributed by atoms with Gasteiger partial charge in [0.05, 0.1) is 24.1 Å². The van der Waals surface area contributed by atoms with Crippen LogP contribution in [0.2, 0.25) is 5.02 Å². The number of rotatable bonds is 7. The van der Waals surface area contributed by atoms with Crippen LogP contribution in [0.15, 0.2) is 42.5 Å². The number of nitrogens with zero attached hydrogens (tertiary/aromatic N) is 1. The van der Waals surface area contributed by atoms with Gasteiger partial charge in [0.1, 0.15) is 18.1 Å². The van der Waals surface area contributed by atoms with Crippen molar-refractivity contribution in [3.05, 3.63) is 58.9 Å². The van der Waals surface area contributed by atoms with Gasteiger partial charge in [-0.2, -0.15) is 0 Å². The number of ether oxygens (including phenoxy) is 1. The van der Waals surface area contributed by atoms with Gasteiger partial charge in [-0.3, -0.25) is 9.10 Å². The zero-order valence-corrected chi connectivity index (χ0v) is 15.8. The quantitative estimate of drug-likeness (QED) is 0.775. The fraction of sp³-hybridized carbons (Fsp3) is 0.235. The number of hydrogen-bond donors (Lipinski definition) is 1. The van der Waals surface area contributed by atoms with Crippen molar-refractivity contribution in [2.45, 2.75) is 6.54 Å². The molecule has 6 nitrogen and oxygen atoms in total. The van der Waals surface area contributed by atoms with Crippen molar-refractivity contribution in [3.63, 3.8) is 0 Å². The average Bonchev–Trinajstić information content (AvgIpc) is 2.58. The third-order valence-electron chi connectivity index (χ3n) is 3.51. The van der Waals surface area contributed by atoms with E-state index in [0.717, 1.165) is 10.6 Å². The lowest BCUT2D eigenvalue weighted by atomic mass is 10.2. The summed E-state index contributed by atoms with van der Waals surface area (Å²) < 4.78 is 43.0. The highest BCUT2D eigenvalue weighted by Crippen LogP contribution is 2.30. The average molecular weight is 401 g/mol. The Morgan fingerprint density at radius 3 is 2.42 bits per heavy atom. The number of benzene rings is 2. The van der Waals surface area contributed by atoms with Crippen molar-refractivity contribution in [2.24, 2.45) is 0 Å². The molecule has 9 heteroatoms. The first-order valence-corrected chi connectivity index (χ1v) is 9.75. The van der Waals surface area contributed by atoms with E-state index in [-0.39, 0.29) is 23.1 Å². The molecule has 0 unspecified atom stereocenters. The normalized spacial score (nSPS) is 11.1. The first-order valence-electron chi connectivity index (χ1n) is 7.53. The number of nitrogens with one attached hydrogen (secondary N) is 1. The van der Waals surface area contributed by atoms with Crippen LogP contribution in [0.1, 0.15) is 5.56 Å². The fourth-order valence-corrected chi connectivity index (χ4v) is 3.30. The maximum Gasteiger partial charge on any atom is 0.241 e. The minimum atomic E-state index is -3.71. The predicted molar refractivity (Wildman–Crippen MR) is 98.4 cm³/mol. The molecule has 0 saturated heterocycles. The number of halogens is 2. The lowest BCUT2D eigenvalue weighted by molar-refractivity contribution is -0.119. The van der Waals surface area contributed by atoms with Gasteiger partial charge in [-0.05, 0) is 35.9 Å². The summed E-state index contributed by atoms with van der Waals surface area (Å²) in [5.41, 5.74) is 0.938. The van der Waals surface area contributed by atoms with E-state index in [0.29, 0.717) is 11.3 Å². The predicted octanol–water partition coefficient (Wildman–Crippen LogP) is 2.57. The van der Waals surface area contributed by atoms with E-state index < -0.39 is 22.5 Å². The molecule has 0 aromatic heterocycles. The molecule has 2 aromatic carbocycles. The third kappa shape index (κ3) is 5.34. The molecule has 0 fully saturated rings. The van der Waals surface area contributed by atoms with Crippen LogP contribution in [0.4, 0.5) is 10.1 Å². The molecule has 0 radical (unpaired) electrons. The van der Waals surface area contributed by atoms with Gasteiger partial charge in [0, 0.05) is 6.54 Å². The number of anilines is 1. The second kappa shape index (κ2) is 8.37. The van der Waals surface area contributed by atoms with Crippen LogP contribution >= 0.6 is 11.6 Å². The van der Waals surface area contributed by atoms with E-state index in [2.05, 4.69) is 5.32 Å². The molecule has 1 amide bonds. The van der Waals surface area contributed by atoms with Gasteiger partial charge >= 0.3 is 0 Å². The Bertz CT molecular complexity index is 888. The minimum Gasteiger partial charge on any atom is -0.495 e. The first-order chi connectivity index (χ1) is 12.2. The lowest BCUT2D eigenvalue weighted by Crippen LogP contribution is -2.40. The van der Waals surface area contributed by atoms with Gasteiger partial charge in [0.15, 0.2) is 0 Å². The van der Waals surface area contributed by atoms with Gasteiger partial charge in [-0.15, -0.1) is 0 Å². The molecule has 0 bridgehead atoms. The number of hydrogen-bond acceptors (Lipinski definition) is 4. The maximum absolute atomic E-state index is 12.9. The maximum atomic E-state index is 12.9. The number of carbonyl (C=O) groups excluding carboxylic acids is 1. The summed E-state index contributed by atoms with van der Waals surface area (Å²) in [6.45, 7) is -0.261. The number of carbonyl (C=O) groups is 1. The number of amides is 1. The highest BCUT2D eigenvalue weighted by Gasteiger charge is 2.21. The smallest absolute Gasteiger partial charge is 0.241 e. The number of sulfonamides is 1. The molecule has 2 aromatic rings. The van der Waals surface area contributed by atoms with Crippen molar-refractivity contribution in [1.29, 1.82) is 0 Å². The van der Waals surface area contributed by atoms with Crippen LogP contribution in [-0.2, 0) is 21.4 Å². The molecule has 1 N–H and O–H groups in total. The van der Waals surface area contributed by atoms with E-state index in [1.165, 1.54) is 49.6 Å². The SMILES string of the molecule is COc1ccc(N(CC(=O)NCc2ccc(F)cc2)S(C)(=O)=O)cc1Cl. The molecular formula is C17H18ClFN2O4S. The van der Waals surface area contributed by atoms with Crippen molar-refractivity contribution in [3.8, 4) is 5.75 Å². The van der Waals surface area contributed by atoms with Gasteiger partial charge < -0.3 is 10.1 Å². The third-order valence-corrected chi connectivity index (χ3v) is 4.95. The van der Waals surface area contributed by atoms with Crippen LogP contribution in [0.3, 0.4) is 0 Å². The summed E-state index contributed by atoms with van der Waals surface area (Å²) in [7, 11) is -2.27. The molecule has 0 spiro atoms. The van der Waals surface area contributed by atoms with Crippen molar-refractivity contribution >= 4 is 33.2 Å². The summed E-state index contributed by atoms with van der Waals surface area (Å²) in [6, 6.07) is 10.1. The molecule has 2 rings (SSSR count). The highest BCUT2D eigenvalue weighted by atomic mass is 35.5. The summed E-state index contributed by atoms with van der Waals surface area (Å²) in [6.07, 6.45) is 0.998. The standard InChI is InChI=1S/C17H18ClFN2O4S/c1-25-16-8-7-14(9-15(16)18)21(26(2,23)24)11-17(22)20-10-12-3-5-13(19)6-4-12/h3-9H,10-11H2,1-2H3,(H,20,22). The van der Waals surface area contributed by atoms with E-state index in [4.69, 9.17) is 16.3 Å². The second-order valence-corrected chi connectivity index (χ2v) is 7.81. The summed E-state index contributed by atoms with van der Waals surface area (Å²) >= 11 is 6.04.